The Labute approximate surface area is 157 Å². The van der Waals surface area contributed by atoms with Crippen molar-refractivity contribution in [1.82, 2.24) is 0 Å². The molecule has 4 rings (SSSR count). The number of esters is 1. The summed E-state index contributed by atoms with van der Waals surface area (Å²) in [4.78, 5) is 23.6. The summed E-state index contributed by atoms with van der Waals surface area (Å²) in [7, 11) is 0. The van der Waals surface area contributed by atoms with Gasteiger partial charge in [-0.15, -0.1) is 0 Å². The lowest BCUT2D eigenvalue weighted by molar-refractivity contribution is -0.149. The molecule has 144 valence electrons. The number of hydrogen-bond acceptors (Lipinski definition) is 3. The van der Waals surface area contributed by atoms with Crippen LogP contribution in [-0.2, 0) is 14.3 Å². The summed E-state index contributed by atoms with van der Waals surface area (Å²) < 4.78 is 5.53. The molecule has 3 heteroatoms. The van der Waals surface area contributed by atoms with E-state index in [4.69, 9.17) is 4.74 Å². The zero-order valence-corrected chi connectivity index (χ0v) is 16.8. The summed E-state index contributed by atoms with van der Waals surface area (Å²) in [5.74, 6) is 2.72. The molecule has 4 aliphatic carbocycles. The van der Waals surface area contributed by atoms with Crippen molar-refractivity contribution in [3.8, 4) is 0 Å². The monoisotopic (exact) mass is 358 g/mol. The quantitative estimate of drug-likeness (QED) is 0.510. The third kappa shape index (κ3) is 2.60. The Hall–Kier alpha value is -1.12. The fourth-order valence-corrected chi connectivity index (χ4v) is 7.63. The number of rotatable bonds is 2. The molecule has 4 aliphatic rings. The maximum Gasteiger partial charge on any atom is 0.302 e. The molecule has 7 atom stereocenters. The van der Waals surface area contributed by atoms with Crippen molar-refractivity contribution < 1.29 is 14.3 Å². The van der Waals surface area contributed by atoms with Gasteiger partial charge in [-0.25, -0.2) is 0 Å². The average molecular weight is 359 g/mol. The Bertz CT molecular complexity index is 650. The van der Waals surface area contributed by atoms with Crippen molar-refractivity contribution in [1.29, 1.82) is 0 Å². The number of fused-ring (bicyclic) bond motifs is 5. The topological polar surface area (TPSA) is 43.4 Å². The summed E-state index contributed by atoms with van der Waals surface area (Å²) >= 11 is 0. The lowest BCUT2D eigenvalue weighted by Crippen LogP contribution is -2.51. The van der Waals surface area contributed by atoms with Crippen LogP contribution in [0, 0.1) is 34.5 Å². The molecule has 0 unspecified atom stereocenters. The largest absolute Gasteiger partial charge is 0.462 e. The minimum atomic E-state index is -0.150. The summed E-state index contributed by atoms with van der Waals surface area (Å²) in [5.41, 5.74) is 2.04. The van der Waals surface area contributed by atoms with E-state index in [9.17, 15) is 9.59 Å². The second-order valence-electron chi connectivity index (χ2n) is 10.0. The van der Waals surface area contributed by atoms with Gasteiger partial charge in [0.05, 0.1) is 0 Å². The first-order valence-corrected chi connectivity index (χ1v) is 10.6. The minimum Gasteiger partial charge on any atom is -0.462 e. The lowest BCUT2D eigenvalue weighted by atomic mass is 9.47. The van der Waals surface area contributed by atoms with Crippen LogP contribution >= 0.6 is 0 Å². The Morgan fingerprint density at radius 2 is 1.81 bits per heavy atom. The van der Waals surface area contributed by atoms with Gasteiger partial charge in [-0.05, 0) is 80.5 Å². The molecule has 0 aromatic rings. The molecule has 3 nitrogen and oxygen atoms in total. The van der Waals surface area contributed by atoms with E-state index in [-0.39, 0.29) is 28.8 Å². The van der Waals surface area contributed by atoms with Crippen molar-refractivity contribution in [2.24, 2.45) is 34.5 Å². The maximum absolute atomic E-state index is 12.2. The van der Waals surface area contributed by atoms with Crippen molar-refractivity contribution in [2.45, 2.75) is 85.2 Å². The zero-order valence-electron chi connectivity index (χ0n) is 16.8. The number of ether oxygens (including phenoxy) is 1. The maximum atomic E-state index is 12.2. The van der Waals surface area contributed by atoms with E-state index in [2.05, 4.69) is 19.9 Å². The normalized spacial score (nSPS) is 47.2. The molecule has 3 fully saturated rings. The molecule has 0 heterocycles. The molecule has 0 aromatic heterocycles. The van der Waals surface area contributed by atoms with Crippen LogP contribution < -0.4 is 0 Å². The second-order valence-corrected chi connectivity index (χ2v) is 10.0. The molecule has 26 heavy (non-hydrogen) atoms. The summed E-state index contributed by atoms with van der Waals surface area (Å²) in [6.07, 6.45) is 11.6. The van der Waals surface area contributed by atoms with Gasteiger partial charge in [0.25, 0.3) is 0 Å². The first-order valence-electron chi connectivity index (χ1n) is 10.6. The average Bonchev–Trinajstić information content (AvgIpc) is 2.92. The highest BCUT2D eigenvalue weighted by atomic mass is 16.5. The van der Waals surface area contributed by atoms with Gasteiger partial charge in [-0.1, -0.05) is 25.5 Å². The van der Waals surface area contributed by atoms with E-state index in [1.165, 1.54) is 26.2 Å². The highest BCUT2D eigenvalue weighted by molar-refractivity contribution is 5.79. The minimum absolute atomic E-state index is 0.0748. The van der Waals surface area contributed by atoms with E-state index < -0.39 is 0 Å². The van der Waals surface area contributed by atoms with Crippen molar-refractivity contribution in [2.75, 3.05) is 0 Å². The van der Waals surface area contributed by atoms with E-state index in [0.717, 1.165) is 43.9 Å². The number of carbonyl (C=O) groups is 2. The van der Waals surface area contributed by atoms with Gasteiger partial charge in [0.15, 0.2) is 0 Å². The van der Waals surface area contributed by atoms with Crippen LogP contribution in [0.2, 0.25) is 0 Å². The van der Waals surface area contributed by atoms with Crippen molar-refractivity contribution in [3.05, 3.63) is 11.6 Å². The second kappa shape index (κ2) is 6.21. The van der Waals surface area contributed by atoms with Crippen LogP contribution in [0.1, 0.15) is 79.1 Å². The fraction of sp³-hybridized carbons (Fsp3) is 0.826. The van der Waals surface area contributed by atoms with Crippen molar-refractivity contribution in [3.63, 3.8) is 0 Å². The Morgan fingerprint density at radius 3 is 2.50 bits per heavy atom. The molecule has 0 aliphatic heterocycles. The number of allylic oxidation sites excluding steroid dienone is 1. The summed E-state index contributed by atoms with van der Waals surface area (Å²) in [6, 6.07) is 0. The predicted molar refractivity (Wildman–Crippen MR) is 101 cm³/mol. The van der Waals surface area contributed by atoms with E-state index in [1.54, 1.807) is 12.5 Å². The van der Waals surface area contributed by atoms with Crippen LogP contribution in [0.4, 0.5) is 0 Å². The number of carbonyl (C=O) groups excluding carboxylic acids is 2. The number of hydrogen-bond donors (Lipinski definition) is 0. The van der Waals surface area contributed by atoms with Crippen LogP contribution in [0.5, 0.6) is 0 Å². The summed E-state index contributed by atoms with van der Waals surface area (Å²) in [6.45, 7) is 8.21. The van der Waals surface area contributed by atoms with Gasteiger partial charge in [-0.3, -0.25) is 9.59 Å². The third-order valence-electron chi connectivity index (χ3n) is 8.88. The Balaban J connectivity index is 1.59. The van der Waals surface area contributed by atoms with Gasteiger partial charge in [0.1, 0.15) is 11.9 Å². The Morgan fingerprint density at radius 1 is 1.04 bits per heavy atom. The smallest absolute Gasteiger partial charge is 0.302 e. The fourth-order valence-electron chi connectivity index (χ4n) is 7.63. The molecule has 0 saturated heterocycles. The van der Waals surface area contributed by atoms with E-state index in [1.807, 2.05) is 0 Å². The van der Waals surface area contributed by atoms with Crippen LogP contribution in [-0.4, -0.2) is 17.9 Å². The van der Waals surface area contributed by atoms with Crippen LogP contribution in [0.15, 0.2) is 11.6 Å². The molecule has 0 bridgehead atoms. The number of ketones is 1. The van der Waals surface area contributed by atoms with Crippen LogP contribution in [0.3, 0.4) is 0 Å². The highest BCUT2D eigenvalue weighted by Crippen LogP contribution is 2.66. The van der Waals surface area contributed by atoms with Crippen molar-refractivity contribution >= 4 is 11.8 Å². The molecular formula is C23H34O3. The molecule has 0 N–H and O–H groups in total. The highest BCUT2D eigenvalue weighted by Gasteiger charge is 2.59. The van der Waals surface area contributed by atoms with Gasteiger partial charge in [-0.2, -0.15) is 0 Å². The first kappa shape index (κ1) is 18.3. The Kier molecular flexibility index (Phi) is 4.36. The number of Topliss-reactive ketones (excluding diaryl/α,β-unsaturated/α-hetero) is 1. The standard InChI is InChI=1S/C23H34O3/c1-14(24)19-7-8-20-18-6-5-16-13-17(26-15(2)25)9-11-22(16,3)21(18)10-12-23(19,20)4/h5,17-21H,6-13H2,1-4H3/t17-,18+,19+,20-,21+,22+,23+/m0/s1. The summed E-state index contributed by atoms with van der Waals surface area (Å²) in [5, 5.41) is 0. The van der Waals surface area contributed by atoms with Gasteiger partial charge >= 0.3 is 5.97 Å². The van der Waals surface area contributed by atoms with E-state index >= 15 is 0 Å². The van der Waals surface area contributed by atoms with Gasteiger partial charge < -0.3 is 4.74 Å². The van der Waals surface area contributed by atoms with Crippen LogP contribution in [0.25, 0.3) is 0 Å². The zero-order chi connectivity index (χ0) is 18.7. The molecule has 0 spiro atoms. The van der Waals surface area contributed by atoms with Gasteiger partial charge in [0, 0.05) is 19.3 Å². The molecule has 3 saturated carbocycles. The molecule has 0 radical (unpaired) electrons. The SMILES string of the molecule is CC(=O)O[C@H]1CC[C@]2(C)C(=CC[C@H]3[C@H]2CC[C@]2(C)[C@@H](C(C)=O)CC[C@@H]32)C1. The first-order chi connectivity index (χ1) is 12.3. The lowest BCUT2D eigenvalue weighted by Gasteiger charge is -2.58. The predicted octanol–water partition coefficient (Wildman–Crippen LogP) is 5.09. The molecular weight excluding hydrogens is 324 g/mol. The third-order valence-corrected chi connectivity index (χ3v) is 8.88. The molecule has 0 aromatic carbocycles. The van der Waals surface area contributed by atoms with E-state index in [0.29, 0.717) is 11.7 Å². The van der Waals surface area contributed by atoms with Gasteiger partial charge in [0.2, 0.25) is 0 Å². The molecule has 0 amide bonds.